The van der Waals surface area contributed by atoms with Crippen LogP contribution in [-0.2, 0) is 0 Å². The molecule has 2 heterocycles. The number of anilines is 1. The van der Waals surface area contributed by atoms with Gasteiger partial charge in [-0.3, -0.25) is 0 Å². The van der Waals surface area contributed by atoms with E-state index in [1.54, 1.807) is 17.7 Å². The molecule has 0 radical (unpaired) electrons. The molecule has 0 spiro atoms. The lowest BCUT2D eigenvalue weighted by molar-refractivity contribution is 0.751. The van der Waals surface area contributed by atoms with Gasteiger partial charge < -0.3 is 5.32 Å². The summed E-state index contributed by atoms with van der Waals surface area (Å²) in [7, 11) is 0. The van der Waals surface area contributed by atoms with Gasteiger partial charge in [0.15, 0.2) is 0 Å². The van der Waals surface area contributed by atoms with Crippen LogP contribution in [0.1, 0.15) is 24.6 Å². The Morgan fingerprint density at radius 2 is 2.29 bits per heavy atom. The number of fused-ring (bicyclic) bond motifs is 1. The minimum absolute atomic E-state index is 0.157. The van der Waals surface area contributed by atoms with E-state index in [9.17, 15) is 0 Å². The lowest BCUT2D eigenvalue weighted by Gasteiger charge is -2.10. The first-order chi connectivity index (χ1) is 8.20. The van der Waals surface area contributed by atoms with Gasteiger partial charge in [0.1, 0.15) is 17.0 Å². The predicted molar refractivity (Wildman–Crippen MR) is 75.2 cm³/mol. The lowest BCUT2D eigenvalue weighted by Crippen LogP contribution is -2.14. The van der Waals surface area contributed by atoms with Crippen LogP contribution in [0.15, 0.2) is 12.4 Å². The molecule has 2 aromatic rings. The van der Waals surface area contributed by atoms with Gasteiger partial charge in [-0.15, -0.1) is 22.9 Å². The molecule has 1 unspecified atom stereocenters. The SMILES string of the molecule is CCCC(Cl)CNc1ncnc2sc(C)cc12. The highest BCUT2D eigenvalue weighted by atomic mass is 35.5. The van der Waals surface area contributed by atoms with Crippen molar-refractivity contribution in [2.24, 2.45) is 0 Å². The third-order valence-electron chi connectivity index (χ3n) is 2.55. The Balaban J connectivity index is 2.12. The van der Waals surface area contributed by atoms with Gasteiger partial charge in [-0.05, 0) is 19.4 Å². The van der Waals surface area contributed by atoms with Crippen molar-refractivity contribution in [2.45, 2.75) is 32.1 Å². The fourth-order valence-corrected chi connectivity index (χ4v) is 2.88. The zero-order chi connectivity index (χ0) is 12.3. The van der Waals surface area contributed by atoms with Crippen LogP contribution in [0.4, 0.5) is 5.82 Å². The van der Waals surface area contributed by atoms with Gasteiger partial charge in [-0.25, -0.2) is 9.97 Å². The van der Waals surface area contributed by atoms with E-state index >= 15 is 0 Å². The predicted octanol–water partition coefficient (Wildman–Crippen LogP) is 3.82. The van der Waals surface area contributed by atoms with Crippen LogP contribution in [0, 0.1) is 6.92 Å². The van der Waals surface area contributed by atoms with E-state index in [0.717, 1.165) is 35.4 Å². The van der Waals surface area contributed by atoms with Gasteiger partial charge in [0.05, 0.1) is 10.8 Å². The topological polar surface area (TPSA) is 37.8 Å². The molecule has 0 fully saturated rings. The second-order valence-electron chi connectivity index (χ2n) is 4.07. The molecule has 2 rings (SSSR count). The summed E-state index contributed by atoms with van der Waals surface area (Å²) >= 11 is 7.87. The molecule has 5 heteroatoms. The largest absolute Gasteiger partial charge is 0.368 e. The monoisotopic (exact) mass is 269 g/mol. The maximum absolute atomic E-state index is 6.18. The summed E-state index contributed by atoms with van der Waals surface area (Å²) in [6, 6.07) is 2.12. The number of nitrogens with zero attached hydrogens (tertiary/aromatic N) is 2. The minimum atomic E-state index is 0.157. The molecule has 0 aliphatic heterocycles. The third-order valence-corrected chi connectivity index (χ3v) is 3.88. The number of aromatic nitrogens is 2. The Morgan fingerprint density at radius 3 is 3.06 bits per heavy atom. The van der Waals surface area contributed by atoms with Gasteiger partial charge in [0.2, 0.25) is 0 Å². The Bertz CT molecular complexity index is 497. The van der Waals surface area contributed by atoms with Gasteiger partial charge in [0.25, 0.3) is 0 Å². The molecule has 92 valence electrons. The number of aryl methyl sites for hydroxylation is 1. The Kier molecular flexibility index (Phi) is 4.18. The van der Waals surface area contributed by atoms with Crippen LogP contribution in [0.2, 0.25) is 0 Å². The first-order valence-electron chi connectivity index (χ1n) is 5.79. The van der Waals surface area contributed by atoms with Crippen molar-refractivity contribution in [1.82, 2.24) is 9.97 Å². The number of alkyl halides is 1. The van der Waals surface area contributed by atoms with E-state index in [2.05, 4.69) is 35.2 Å². The molecule has 0 saturated heterocycles. The van der Waals surface area contributed by atoms with E-state index in [1.807, 2.05) is 0 Å². The third kappa shape index (κ3) is 3.07. The van der Waals surface area contributed by atoms with Crippen LogP contribution in [0.5, 0.6) is 0 Å². The molecule has 0 saturated carbocycles. The zero-order valence-electron chi connectivity index (χ0n) is 10.0. The molecule has 0 aliphatic carbocycles. The van der Waals surface area contributed by atoms with Crippen molar-refractivity contribution in [3.63, 3.8) is 0 Å². The standard InChI is InChI=1S/C12H16ClN3S/c1-3-4-9(13)6-14-11-10-5-8(2)17-12(10)16-7-15-11/h5,7,9H,3-4,6H2,1-2H3,(H,14,15,16). The molecule has 1 atom stereocenters. The second kappa shape index (κ2) is 5.65. The molecule has 2 aromatic heterocycles. The Labute approximate surface area is 110 Å². The fourth-order valence-electron chi connectivity index (χ4n) is 1.74. The van der Waals surface area contributed by atoms with Crippen molar-refractivity contribution in [2.75, 3.05) is 11.9 Å². The number of nitrogens with one attached hydrogen (secondary N) is 1. The lowest BCUT2D eigenvalue weighted by atomic mass is 10.2. The first kappa shape index (κ1) is 12.6. The van der Waals surface area contributed by atoms with Crippen LogP contribution in [0.3, 0.4) is 0 Å². The molecule has 0 bridgehead atoms. The van der Waals surface area contributed by atoms with E-state index in [0.29, 0.717) is 0 Å². The van der Waals surface area contributed by atoms with Crippen LogP contribution in [0.25, 0.3) is 10.2 Å². The Morgan fingerprint density at radius 1 is 1.47 bits per heavy atom. The van der Waals surface area contributed by atoms with Crippen LogP contribution in [-0.4, -0.2) is 21.9 Å². The molecular weight excluding hydrogens is 254 g/mol. The minimum Gasteiger partial charge on any atom is -0.368 e. The van der Waals surface area contributed by atoms with E-state index in [1.165, 1.54) is 4.88 Å². The maximum Gasteiger partial charge on any atom is 0.138 e. The second-order valence-corrected chi connectivity index (χ2v) is 5.92. The number of thiophene rings is 1. The van der Waals surface area contributed by atoms with Crippen molar-refractivity contribution in [1.29, 1.82) is 0 Å². The molecule has 0 aromatic carbocycles. The average molecular weight is 270 g/mol. The number of rotatable bonds is 5. The number of halogens is 1. The summed E-state index contributed by atoms with van der Waals surface area (Å²) in [6.07, 6.45) is 3.72. The summed E-state index contributed by atoms with van der Waals surface area (Å²) in [5.41, 5.74) is 0. The zero-order valence-corrected chi connectivity index (χ0v) is 11.6. The number of hydrogen-bond donors (Lipinski definition) is 1. The van der Waals surface area contributed by atoms with Crippen molar-refractivity contribution in [3.05, 3.63) is 17.3 Å². The molecular formula is C12H16ClN3S. The van der Waals surface area contributed by atoms with Gasteiger partial charge in [-0.1, -0.05) is 13.3 Å². The smallest absolute Gasteiger partial charge is 0.138 e. The van der Waals surface area contributed by atoms with Crippen LogP contribution < -0.4 is 5.32 Å². The normalized spacial score (nSPS) is 12.9. The fraction of sp³-hybridized carbons (Fsp3) is 0.500. The highest BCUT2D eigenvalue weighted by Crippen LogP contribution is 2.27. The van der Waals surface area contributed by atoms with Gasteiger partial charge >= 0.3 is 0 Å². The highest BCUT2D eigenvalue weighted by Gasteiger charge is 2.08. The summed E-state index contributed by atoms with van der Waals surface area (Å²) in [5.74, 6) is 0.890. The van der Waals surface area contributed by atoms with Crippen molar-refractivity contribution >= 4 is 39.0 Å². The summed E-state index contributed by atoms with van der Waals surface area (Å²) in [5, 5.41) is 4.56. The van der Waals surface area contributed by atoms with Gasteiger partial charge in [-0.2, -0.15) is 0 Å². The van der Waals surface area contributed by atoms with Crippen molar-refractivity contribution < 1.29 is 0 Å². The van der Waals surface area contributed by atoms with Gasteiger partial charge in [0, 0.05) is 11.4 Å². The van der Waals surface area contributed by atoms with E-state index < -0.39 is 0 Å². The first-order valence-corrected chi connectivity index (χ1v) is 7.05. The summed E-state index contributed by atoms with van der Waals surface area (Å²) < 4.78 is 0. The molecule has 3 nitrogen and oxygen atoms in total. The van der Waals surface area contributed by atoms with E-state index in [-0.39, 0.29) is 5.38 Å². The van der Waals surface area contributed by atoms with Crippen LogP contribution >= 0.6 is 22.9 Å². The average Bonchev–Trinajstić information content (AvgIpc) is 2.67. The highest BCUT2D eigenvalue weighted by molar-refractivity contribution is 7.18. The molecule has 0 aliphatic rings. The number of hydrogen-bond acceptors (Lipinski definition) is 4. The molecule has 0 amide bonds. The molecule has 17 heavy (non-hydrogen) atoms. The molecule has 1 N–H and O–H groups in total. The van der Waals surface area contributed by atoms with Crippen molar-refractivity contribution in [3.8, 4) is 0 Å². The summed E-state index contributed by atoms with van der Waals surface area (Å²) in [4.78, 5) is 10.8. The summed E-state index contributed by atoms with van der Waals surface area (Å²) in [6.45, 7) is 4.97. The maximum atomic E-state index is 6.18. The van der Waals surface area contributed by atoms with E-state index in [4.69, 9.17) is 11.6 Å². The Hall–Kier alpha value is -0.870. The quantitative estimate of drug-likeness (QED) is 0.839.